The summed E-state index contributed by atoms with van der Waals surface area (Å²) in [6.45, 7) is 10.6. The molecule has 2 aromatic rings. The minimum atomic E-state index is -2.07. The first kappa shape index (κ1) is 14.6. The van der Waals surface area contributed by atoms with Gasteiger partial charge in [0.25, 0.3) is 13.9 Å². The molecule has 0 unspecified atom stereocenters. The summed E-state index contributed by atoms with van der Waals surface area (Å²) in [7, 11) is -2.07. The maximum atomic E-state index is 12.0. The molecule has 1 aromatic heterocycles. The lowest BCUT2D eigenvalue weighted by Crippen LogP contribution is -2.44. The summed E-state index contributed by atoms with van der Waals surface area (Å²) in [5, 5.41) is 0.300. The molecule has 0 saturated carbocycles. The largest absolute Gasteiger partial charge is 0.543 e. The summed E-state index contributed by atoms with van der Waals surface area (Å²) < 4.78 is 11.2. The van der Waals surface area contributed by atoms with Gasteiger partial charge in [-0.2, -0.15) is 0 Å². The van der Waals surface area contributed by atoms with E-state index in [0.717, 1.165) is 0 Å². The summed E-state index contributed by atoms with van der Waals surface area (Å²) in [6.07, 6.45) is 0. The van der Waals surface area contributed by atoms with Crippen molar-refractivity contribution in [1.82, 2.24) is 4.98 Å². The molecular weight excluding hydrogens is 274 g/mol. The molecule has 0 fully saturated rings. The second-order valence-electron chi connectivity index (χ2n) is 6.34. The summed E-state index contributed by atoms with van der Waals surface area (Å²) in [5.74, 6) is -0.286. The van der Waals surface area contributed by atoms with Crippen molar-refractivity contribution in [3.63, 3.8) is 0 Å². The Bertz CT molecular complexity index is 752. The Kier molecular flexibility index (Phi) is 3.37. The number of benzene rings is 1. The van der Waals surface area contributed by atoms with Gasteiger partial charge in [0.15, 0.2) is 0 Å². The molecule has 1 N–H and O–H groups in total. The number of fused-ring (bicyclic) bond motifs is 1. The van der Waals surface area contributed by atoms with E-state index in [0.29, 0.717) is 5.75 Å². The van der Waals surface area contributed by atoms with E-state index < -0.39 is 19.6 Å². The van der Waals surface area contributed by atoms with Crippen molar-refractivity contribution in [3.8, 4) is 5.75 Å². The lowest BCUT2D eigenvalue weighted by Gasteiger charge is -2.36. The minimum absolute atomic E-state index is 0.0115. The summed E-state index contributed by atoms with van der Waals surface area (Å²) in [5.41, 5.74) is -0.236. The van der Waals surface area contributed by atoms with Crippen molar-refractivity contribution in [2.75, 3.05) is 0 Å². The van der Waals surface area contributed by atoms with Gasteiger partial charge in [-0.15, -0.1) is 0 Å². The third kappa shape index (κ3) is 2.56. The van der Waals surface area contributed by atoms with E-state index in [2.05, 4.69) is 38.8 Å². The topological polar surface area (TPSA) is 72.3 Å². The lowest BCUT2D eigenvalue weighted by molar-refractivity contribution is 0.490. The lowest BCUT2D eigenvalue weighted by atomic mass is 10.2. The molecule has 0 radical (unpaired) electrons. The fraction of sp³-hybridized carbons (Fsp3) is 0.429. The molecule has 0 bridgehead atoms. The van der Waals surface area contributed by atoms with Crippen molar-refractivity contribution < 1.29 is 8.84 Å². The summed E-state index contributed by atoms with van der Waals surface area (Å²) >= 11 is 0. The zero-order valence-electron chi connectivity index (χ0n) is 12.4. The Balaban J connectivity index is 2.63. The first-order valence-corrected chi connectivity index (χ1v) is 9.38. The Morgan fingerprint density at radius 1 is 1.20 bits per heavy atom. The monoisotopic (exact) mass is 293 g/mol. The number of H-pyrrole nitrogens is 1. The Morgan fingerprint density at radius 2 is 1.85 bits per heavy atom. The minimum Gasteiger partial charge on any atom is -0.543 e. The predicted molar refractivity (Wildman–Crippen MR) is 80.9 cm³/mol. The second-order valence-corrected chi connectivity index (χ2v) is 11.1. The van der Waals surface area contributed by atoms with Gasteiger partial charge in [0.1, 0.15) is 16.7 Å². The molecule has 0 atom stereocenters. The van der Waals surface area contributed by atoms with Crippen LogP contribution in [-0.2, 0) is 0 Å². The van der Waals surface area contributed by atoms with E-state index in [4.69, 9.17) is 8.84 Å². The number of aromatic amines is 1. The van der Waals surface area contributed by atoms with Crippen LogP contribution in [-0.4, -0.2) is 13.3 Å². The fourth-order valence-electron chi connectivity index (χ4n) is 1.61. The molecule has 5 nitrogen and oxygen atoms in total. The Hall–Kier alpha value is -1.82. The molecule has 0 saturated heterocycles. The van der Waals surface area contributed by atoms with Crippen LogP contribution in [0.3, 0.4) is 0 Å². The van der Waals surface area contributed by atoms with Crippen LogP contribution in [0.1, 0.15) is 20.8 Å². The van der Waals surface area contributed by atoms with Crippen LogP contribution in [0.25, 0.3) is 11.0 Å². The molecule has 2 rings (SSSR count). The van der Waals surface area contributed by atoms with Crippen LogP contribution in [0.4, 0.5) is 0 Å². The molecule has 0 amide bonds. The molecule has 108 valence electrons. The summed E-state index contributed by atoms with van der Waals surface area (Å²) in [6, 6.07) is 5.04. The molecule has 1 aromatic carbocycles. The molecule has 20 heavy (non-hydrogen) atoms. The van der Waals surface area contributed by atoms with Crippen molar-refractivity contribution >= 4 is 19.3 Å². The van der Waals surface area contributed by atoms with Crippen LogP contribution in [0.5, 0.6) is 5.75 Å². The predicted octanol–water partition coefficient (Wildman–Crippen LogP) is 2.87. The van der Waals surface area contributed by atoms with Crippen LogP contribution in [0.2, 0.25) is 18.1 Å². The average molecular weight is 293 g/mol. The standard InChI is InChI=1S/C14H19NO4Si/c1-14(2,3)20(4,5)19-10-8-6-7-9-11(10)12(16)15-13(17)18-9/h6-8H,1-5H3,(H,15,16,17). The van der Waals surface area contributed by atoms with Gasteiger partial charge >= 0.3 is 5.76 Å². The van der Waals surface area contributed by atoms with Gasteiger partial charge in [-0.1, -0.05) is 26.8 Å². The zero-order chi connectivity index (χ0) is 15.1. The van der Waals surface area contributed by atoms with Gasteiger partial charge < -0.3 is 8.84 Å². The van der Waals surface area contributed by atoms with Crippen LogP contribution < -0.4 is 15.7 Å². The number of hydrogen-bond donors (Lipinski definition) is 1. The van der Waals surface area contributed by atoms with Crippen molar-refractivity contribution in [3.05, 3.63) is 39.1 Å². The number of nitrogens with one attached hydrogen (secondary N) is 1. The maximum Gasteiger partial charge on any atom is 0.419 e. The molecule has 1 heterocycles. The van der Waals surface area contributed by atoms with Gasteiger partial charge in [-0.3, -0.25) is 9.78 Å². The second kappa shape index (κ2) is 4.62. The van der Waals surface area contributed by atoms with E-state index in [1.54, 1.807) is 18.2 Å². The summed E-state index contributed by atoms with van der Waals surface area (Å²) in [4.78, 5) is 25.3. The highest BCUT2D eigenvalue weighted by atomic mass is 28.4. The van der Waals surface area contributed by atoms with Gasteiger partial charge in [0.2, 0.25) is 0 Å². The maximum absolute atomic E-state index is 12.0. The highest BCUT2D eigenvalue weighted by molar-refractivity contribution is 6.74. The molecule has 0 aliphatic heterocycles. The molecule has 0 aliphatic rings. The van der Waals surface area contributed by atoms with Crippen molar-refractivity contribution in [2.45, 2.75) is 38.9 Å². The van der Waals surface area contributed by atoms with Crippen LogP contribution in [0, 0.1) is 0 Å². The number of rotatable bonds is 2. The Morgan fingerprint density at radius 3 is 2.45 bits per heavy atom. The van der Waals surface area contributed by atoms with E-state index in [-0.39, 0.29) is 16.0 Å². The Labute approximate surface area is 117 Å². The third-order valence-corrected chi connectivity index (χ3v) is 8.15. The number of hydrogen-bond acceptors (Lipinski definition) is 4. The van der Waals surface area contributed by atoms with Gasteiger partial charge in [0.05, 0.1) is 0 Å². The van der Waals surface area contributed by atoms with E-state index in [1.807, 2.05) is 0 Å². The smallest absolute Gasteiger partial charge is 0.419 e. The van der Waals surface area contributed by atoms with Crippen LogP contribution >= 0.6 is 0 Å². The number of aromatic nitrogens is 1. The molecular formula is C14H19NO4Si. The van der Waals surface area contributed by atoms with E-state index in [1.165, 1.54) is 0 Å². The molecule has 6 heteroatoms. The molecule has 0 spiro atoms. The van der Waals surface area contributed by atoms with Crippen molar-refractivity contribution in [2.24, 2.45) is 0 Å². The first-order valence-electron chi connectivity index (χ1n) is 6.47. The van der Waals surface area contributed by atoms with E-state index >= 15 is 0 Å². The highest BCUT2D eigenvalue weighted by Gasteiger charge is 2.39. The first-order chi connectivity index (χ1) is 9.12. The fourth-order valence-corrected chi connectivity index (χ4v) is 2.64. The third-order valence-electron chi connectivity index (χ3n) is 3.80. The van der Waals surface area contributed by atoms with Crippen LogP contribution in [0.15, 0.2) is 32.2 Å². The van der Waals surface area contributed by atoms with Gasteiger partial charge in [-0.25, -0.2) is 4.79 Å². The zero-order valence-corrected chi connectivity index (χ0v) is 13.4. The molecule has 0 aliphatic carbocycles. The highest BCUT2D eigenvalue weighted by Crippen LogP contribution is 2.38. The van der Waals surface area contributed by atoms with Gasteiger partial charge in [0, 0.05) is 0 Å². The normalized spacial score (nSPS) is 12.7. The SMILES string of the molecule is CC(C)(C)[Si](C)(C)Oc1cccc2oc(=O)[nH]c(=O)c12. The van der Waals surface area contributed by atoms with E-state index in [9.17, 15) is 9.59 Å². The van der Waals surface area contributed by atoms with Gasteiger partial charge in [-0.05, 0) is 30.3 Å². The average Bonchev–Trinajstić information content (AvgIpc) is 2.25. The van der Waals surface area contributed by atoms with Crippen molar-refractivity contribution in [1.29, 1.82) is 0 Å². The quantitative estimate of drug-likeness (QED) is 0.864.